The van der Waals surface area contributed by atoms with Crippen LogP contribution < -0.4 is 4.90 Å². The molecule has 0 saturated heterocycles. The maximum atomic E-state index is 11.1. The van der Waals surface area contributed by atoms with Gasteiger partial charge in [-0.05, 0) is 17.2 Å². The quantitative estimate of drug-likeness (QED) is 0.481. The summed E-state index contributed by atoms with van der Waals surface area (Å²) in [6.45, 7) is 0. The number of hydrogen-bond acceptors (Lipinski definition) is 3. The first-order valence-electron chi connectivity index (χ1n) is 6.27. The first-order valence-corrected chi connectivity index (χ1v) is 6.27. The van der Waals surface area contributed by atoms with Gasteiger partial charge < -0.3 is 4.90 Å². The van der Waals surface area contributed by atoms with Crippen LogP contribution in [0.25, 0.3) is 12.2 Å². The van der Waals surface area contributed by atoms with Crippen molar-refractivity contribution in [2.45, 2.75) is 0 Å². The summed E-state index contributed by atoms with van der Waals surface area (Å²) < 4.78 is 0. The molecule has 0 radical (unpaired) electrons. The van der Waals surface area contributed by atoms with Crippen LogP contribution in [-0.4, -0.2) is 19.0 Å². The highest BCUT2D eigenvalue weighted by molar-refractivity contribution is 5.74. The Hall–Kier alpha value is -2.62. The third kappa shape index (κ3) is 3.23. The van der Waals surface area contributed by atoms with Gasteiger partial charge in [0.2, 0.25) is 0 Å². The Morgan fingerprint density at radius 3 is 2.25 bits per heavy atom. The predicted octanol–water partition coefficient (Wildman–Crippen LogP) is 3.83. The Morgan fingerprint density at radius 1 is 1.00 bits per heavy atom. The molecule has 0 aliphatic rings. The Kier molecular flexibility index (Phi) is 4.15. The van der Waals surface area contributed by atoms with E-state index in [0.717, 1.165) is 11.1 Å². The number of rotatable bonds is 4. The van der Waals surface area contributed by atoms with Crippen molar-refractivity contribution in [3.63, 3.8) is 0 Å². The molecule has 2 rings (SSSR count). The van der Waals surface area contributed by atoms with Gasteiger partial charge in [-0.2, -0.15) is 0 Å². The van der Waals surface area contributed by atoms with Crippen molar-refractivity contribution in [2.75, 3.05) is 19.0 Å². The SMILES string of the molecule is CN(C)c1ccc(C=Cc2ccccc2)cc1[N+](=O)[O-]. The van der Waals surface area contributed by atoms with Crippen LogP contribution in [0.2, 0.25) is 0 Å². The lowest BCUT2D eigenvalue weighted by atomic mass is 10.1. The Balaban J connectivity index is 2.32. The van der Waals surface area contributed by atoms with Crippen LogP contribution in [0.1, 0.15) is 11.1 Å². The van der Waals surface area contributed by atoms with Gasteiger partial charge >= 0.3 is 0 Å². The van der Waals surface area contributed by atoms with E-state index in [1.807, 2.05) is 48.6 Å². The third-order valence-electron chi connectivity index (χ3n) is 2.95. The zero-order valence-electron chi connectivity index (χ0n) is 11.5. The molecule has 0 saturated carbocycles. The van der Waals surface area contributed by atoms with Crippen molar-refractivity contribution in [3.8, 4) is 0 Å². The van der Waals surface area contributed by atoms with E-state index in [-0.39, 0.29) is 10.6 Å². The fourth-order valence-electron chi connectivity index (χ4n) is 1.93. The molecule has 0 atom stereocenters. The summed E-state index contributed by atoms with van der Waals surface area (Å²) >= 11 is 0. The van der Waals surface area contributed by atoms with Crippen LogP contribution in [0.3, 0.4) is 0 Å². The second-order valence-corrected chi connectivity index (χ2v) is 4.64. The molecular formula is C16H16N2O2. The molecule has 2 aromatic carbocycles. The normalized spacial score (nSPS) is 10.7. The molecule has 20 heavy (non-hydrogen) atoms. The van der Waals surface area contributed by atoms with E-state index >= 15 is 0 Å². The summed E-state index contributed by atoms with van der Waals surface area (Å²) in [6, 6.07) is 15.1. The van der Waals surface area contributed by atoms with E-state index in [9.17, 15) is 10.1 Å². The fourth-order valence-corrected chi connectivity index (χ4v) is 1.93. The summed E-state index contributed by atoms with van der Waals surface area (Å²) in [7, 11) is 3.59. The van der Waals surface area contributed by atoms with Gasteiger partial charge in [-0.1, -0.05) is 48.6 Å². The highest BCUT2D eigenvalue weighted by atomic mass is 16.6. The van der Waals surface area contributed by atoms with Crippen LogP contribution in [0.4, 0.5) is 11.4 Å². The summed E-state index contributed by atoms with van der Waals surface area (Å²) in [5, 5.41) is 11.1. The topological polar surface area (TPSA) is 46.4 Å². The van der Waals surface area contributed by atoms with Gasteiger partial charge in [0.05, 0.1) is 4.92 Å². The van der Waals surface area contributed by atoms with Gasteiger partial charge in [-0.25, -0.2) is 0 Å². The van der Waals surface area contributed by atoms with E-state index in [0.29, 0.717) is 5.69 Å². The predicted molar refractivity (Wildman–Crippen MR) is 82.8 cm³/mol. The number of nitrogens with zero attached hydrogens (tertiary/aromatic N) is 2. The van der Waals surface area contributed by atoms with Crippen LogP contribution in [0.15, 0.2) is 48.5 Å². The van der Waals surface area contributed by atoms with Crippen molar-refractivity contribution in [3.05, 3.63) is 69.8 Å². The molecular weight excluding hydrogens is 252 g/mol. The van der Waals surface area contributed by atoms with Crippen molar-refractivity contribution >= 4 is 23.5 Å². The van der Waals surface area contributed by atoms with Gasteiger partial charge in [0, 0.05) is 20.2 Å². The number of benzene rings is 2. The van der Waals surface area contributed by atoms with E-state index in [1.165, 1.54) is 0 Å². The highest BCUT2D eigenvalue weighted by Gasteiger charge is 2.15. The average Bonchev–Trinajstić information content (AvgIpc) is 2.45. The number of hydrogen-bond donors (Lipinski definition) is 0. The van der Waals surface area contributed by atoms with Gasteiger partial charge in [0.25, 0.3) is 5.69 Å². The molecule has 0 aromatic heterocycles. The van der Waals surface area contributed by atoms with E-state index in [2.05, 4.69) is 0 Å². The smallest absolute Gasteiger partial charge is 0.293 e. The highest BCUT2D eigenvalue weighted by Crippen LogP contribution is 2.28. The second kappa shape index (κ2) is 6.02. The summed E-state index contributed by atoms with van der Waals surface area (Å²) in [5.74, 6) is 0. The van der Waals surface area contributed by atoms with Crippen LogP contribution >= 0.6 is 0 Å². The maximum Gasteiger partial charge on any atom is 0.293 e. The molecule has 102 valence electrons. The minimum atomic E-state index is -0.352. The summed E-state index contributed by atoms with van der Waals surface area (Å²) in [6.07, 6.45) is 3.82. The molecule has 0 amide bonds. The summed E-state index contributed by atoms with van der Waals surface area (Å²) in [4.78, 5) is 12.5. The molecule has 4 heteroatoms. The molecule has 4 nitrogen and oxygen atoms in total. The van der Waals surface area contributed by atoms with Crippen LogP contribution in [0.5, 0.6) is 0 Å². The zero-order valence-corrected chi connectivity index (χ0v) is 11.5. The minimum Gasteiger partial charge on any atom is -0.372 e. The average molecular weight is 268 g/mol. The number of anilines is 1. The largest absolute Gasteiger partial charge is 0.372 e. The lowest BCUT2D eigenvalue weighted by molar-refractivity contribution is -0.384. The second-order valence-electron chi connectivity index (χ2n) is 4.64. The molecule has 0 heterocycles. The molecule has 0 spiro atoms. The van der Waals surface area contributed by atoms with Crippen molar-refractivity contribution in [1.29, 1.82) is 0 Å². The van der Waals surface area contributed by atoms with Crippen molar-refractivity contribution in [2.24, 2.45) is 0 Å². The first-order chi connectivity index (χ1) is 9.58. The van der Waals surface area contributed by atoms with E-state index < -0.39 is 0 Å². The van der Waals surface area contributed by atoms with Gasteiger partial charge in [-0.15, -0.1) is 0 Å². The van der Waals surface area contributed by atoms with Gasteiger partial charge in [-0.3, -0.25) is 10.1 Å². The lowest BCUT2D eigenvalue weighted by Gasteiger charge is -2.12. The summed E-state index contributed by atoms with van der Waals surface area (Å²) in [5.41, 5.74) is 2.59. The third-order valence-corrected chi connectivity index (χ3v) is 2.95. The van der Waals surface area contributed by atoms with Gasteiger partial charge in [0.1, 0.15) is 5.69 Å². The monoisotopic (exact) mass is 268 g/mol. The zero-order chi connectivity index (χ0) is 14.5. The standard InChI is InChI=1S/C16H16N2O2/c1-17(2)15-11-10-14(12-16(15)18(19)20)9-8-13-6-4-3-5-7-13/h3-12H,1-2H3. The molecule has 0 N–H and O–H groups in total. The Morgan fingerprint density at radius 2 is 1.65 bits per heavy atom. The van der Waals surface area contributed by atoms with Crippen molar-refractivity contribution < 1.29 is 4.92 Å². The molecule has 0 unspecified atom stereocenters. The fraction of sp³-hybridized carbons (Fsp3) is 0.125. The molecule has 0 fully saturated rings. The van der Waals surface area contributed by atoms with Crippen LogP contribution in [-0.2, 0) is 0 Å². The molecule has 0 aliphatic heterocycles. The Labute approximate surface area is 118 Å². The molecule has 0 bridgehead atoms. The maximum absolute atomic E-state index is 11.1. The van der Waals surface area contributed by atoms with E-state index in [4.69, 9.17) is 0 Å². The van der Waals surface area contributed by atoms with Crippen LogP contribution in [0, 0.1) is 10.1 Å². The van der Waals surface area contributed by atoms with Gasteiger partial charge in [0.15, 0.2) is 0 Å². The lowest BCUT2D eigenvalue weighted by Crippen LogP contribution is -2.10. The van der Waals surface area contributed by atoms with E-state index in [1.54, 1.807) is 31.1 Å². The van der Waals surface area contributed by atoms with Crippen molar-refractivity contribution in [1.82, 2.24) is 0 Å². The number of nitro benzene ring substituents is 1. The first kappa shape index (κ1) is 13.8. The number of nitro groups is 1. The molecule has 2 aromatic rings. The molecule has 0 aliphatic carbocycles. The Bertz CT molecular complexity index is 634. The minimum absolute atomic E-state index is 0.116.